The topological polar surface area (TPSA) is 59.1 Å². The summed E-state index contributed by atoms with van der Waals surface area (Å²) in [6.07, 6.45) is 3.42. The fourth-order valence-corrected chi connectivity index (χ4v) is 3.33. The van der Waals surface area contributed by atoms with Gasteiger partial charge in [0.25, 0.3) is 0 Å². The second-order valence-electron chi connectivity index (χ2n) is 6.13. The Bertz CT molecular complexity index is 467. The zero-order valence-corrected chi connectivity index (χ0v) is 11.4. The molecular formula is C15H20O4. The molecule has 2 heterocycles. The number of aliphatic hydroxyl groups is 1. The van der Waals surface area contributed by atoms with Crippen LogP contribution in [0.3, 0.4) is 0 Å². The maximum atomic E-state index is 11.7. The molecule has 0 spiro atoms. The summed E-state index contributed by atoms with van der Waals surface area (Å²) in [6, 6.07) is 0. The van der Waals surface area contributed by atoms with Crippen LogP contribution in [-0.4, -0.2) is 35.0 Å². The number of fused-ring (bicyclic) bond motifs is 3. The molecule has 0 aromatic carbocycles. The lowest BCUT2D eigenvalue weighted by molar-refractivity contribution is -0.140. The van der Waals surface area contributed by atoms with E-state index in [-0.39, 0.29) is 23.7 Å². The molecule has 1 N–H and O–H groups in total. The Morgan fingerprint density at radius 3 is 3.00 bits per heavy atom. The van der Waals surface area contributed by atoms with E-state index in [1.54, 1.807) is 0 Å². The Morgan fingerprint density at radius 2 is 2.26 bits per heavy atom. The van der Waals surface area contributed by atoms with E-state index < -0.39 is 12.1 Å². The van der Waals surface area contributed by atoms with Gasteiger partial charge in [-0.1, -0.05) is 18.2 Å². The lowest BCUT2D eigenvalue weighted by atomic mass is 9.82. The molecule has 2 saturated heterocycles. The maximum absolute atomic E-state index is 11.7. The van der Waals surface area contributed by atoms with E-state index in [0.29, 0.717) is 12.0 Å². The van der Waals surface area contributed by atoms with Crippen molar-refractivity contribution in [3.8, 4) is 0 Å². The van der Waals surface area contributed by atoms with Gasteiger partial charge in [0, 0.05) is 5.57 Å². The lowest BCUT2D eigenvalue weighted by Crippen LogP contribution is -2.35. The minimum absolute atomic E-state index is 0.109. The van der Waals surface area contributed by atoms with Crippen LogP contribution < -0.4 is 0 Å². The summed E-state index contributed by atoms with van der Waals surface area (Å²) in [6.45, 7) is 7.84. The SMILES string of the molecule is C=C1C(=O)O[C@H]2[C@@H]1[C@H](O)C/C(C)=C/CC[C@@]1(C)O[C@H]21. The highest BCUT2D eigenvalue weighted by Crippen LogP contribution is 2.49. The van der Waals surface area contributed by atoms with Crippen molar-refractivity contribution in [2.24, 2.45) is 5.92 Å². The number of esters is 1. The van der Waals surface area contributed by atoms with Crippen LogP contribution in [0.4, 0.5) is 0 Å². The Kier molecular flexibility index (Phi) is 2.84. The Hall–Kier alpha value is -1.13. The highest BCUT2D eigenvalue weighted by molar-refractivity contribution is 5.91. The van der Waals surface area contributed by atoms with Crippen molar-refractivity contribution in [2.75, 3.05) is 0 Å². The van der Waals surface area contributed by atoms with Gasteiger partial charge >= 0.3 is 5.97 Å². The molecule has 0 bridgehead atoms. The molecule has 3 aliphatic rings. The molecule has 0 amide bonds. The number of carbonyl (C=O) groups excluding carboxylic acids is 1. The van der Waals surface area contributed by atoms with E-state index in [0.717, 1.165) is 18.4 Å². The van der Waals surface area contributed by atoms with Crippen molar-refractivity contribution in [1.29, 1.82) is 0 Å². The quantitative estimate of drug-likeness (QED) is 0.313. The minimum atomic E-state index is -0.633. The van der Waals surface area contributed by atoms with Crippen LogP contribution in [-0.2, 0) is 14.3 Å². The fraction of sp³-hybridized carbons (Fsp3) is 0.667. The summed E-state index contributed by atoms with van der Waals surface area (Å²) >= 11 is 0. The number of rotatable bonds is 0. The van der Waals surface area contributed by atoms with Gasteiger partial charge in [0.2, 0.25) is 0 Å². The smallest absolute Gasteiger partial charge is 0.334 e. The number of epoxide rings is 1. The van der Waals surface area contributed by atoms with Gasteiger partial charge < -0.3 is 14.6 Å². The van der Waals surface area contributed by atoms with E-state index in [1.807, 2.05) is 13.8 Å². The number of allylic oxidation sites excluding steroid dienone is 1. The molecule has 0 saturated carbocycles. The van der Waals surface area contributed by atoms with Gasteiger partial charge in [0.15, 0.2) is 0 Å². The van der Waals surface area contributed by atoms with Crippen molar-refractivity contribution in [3.05, 3.63) is 23.8 Å². The molecular weight excluding hydrogens is 244 g/mol. The molecule has 0 aromatic heterocycles. The first-order valence-electron chi connectivity index (χ1n) is 6.84. The van der Waals surface area contributed by atoms with Gasteiger partial charge in [0.1, 0.15) is 12.2 Å². The third-order valence-electron chi connectivity index (χ3n) is 4.58. The maximum Gasteiger partial charge on any atom is 0.334 e. The molecule has 1 aliphatic carbocycles. The molecule has 19 heavy (non-hydrogen) atoms. The van der Waals surface area contributed by atoms with Crippen LogP contribution in [0.15, 0.2) is 23.8 Å². The number of hydrogen-bond donors (Lipinski definition) is 1. The normalized spacial score (nSPS) is 48.7. The summed E-state index contributed by atoms with van der Waals surface area (Å²) in [5, 5.41) is 10.4. The van der Waals surface area contributed by atoms with Gasteiger partial charge in [0.05, 0.1) is 17.6 Å². The molecule has 3 rings (SSSR count). The van der Waals surface area contributed by atoms with Crippen LogP contribution in [0.25, 0.3) is 0 Å². The van der Waals surface area contributed by atoms with Crippen LogP contribution in [0, 0.1) is 5.92 Å². The first kappa shape index (κ1) is 12.9. The third-order valence-corrected chi connectivity index (χ3v) is 4.58. The predicted molar refractivity (Wildman–Crippen MR) is 69.4 cm³/mol. The van der Waals surface area contributed by atoms with E-state index in [1.165, 1.54) is 0 Å². The summed E-state index contributed by atoms with van der Waals surface area (Å²) in [5.41, 5.74) is 1.28. The molecule has 2 aliphatic heterocycles. The third kappa shape index (κ3) is 2.03. The minimum Gasteiger partial charge on any atom is -0.455 e. The number of hydrogen-bond acceptors (Lipinski definition) is 4. The molecule has 5 atom stereocenters. The molecule has 0 radical (unpaired) electrons. The zero-order valence-electron chi connectivity index (χ0n) is 11.4. The average Bonchev–Trinajstić information content (AvgIpc) is 2.89. The standard InChI is InChI=1S/C15H20O4/c1-8-5-4-6-15(3)13(19-15)12-11(10(16)7-8)9(2)14(17)18-12/h5,10-13,16H,2,4,6-7H2,1,3H3/b8-5+/t10-,11+,12+,13-,15-/m1/s1. The zero-order chi connectivity index (χ0) is 13.8. The highest BCUT2D eigenvalue weighted by atomic mass is 16.6. The second-order valence-corrected chi connectivity index (χ2v) is 6.13. The van der Waals surface area contributed by atoms with Crippen molar-refractivity contribution < 1.29 is 19.4 Å². The summed E-state index contributed by atoms with van der Waals surface area (Å²) in [7, 11) is 0. The fourth-order valence-electron chi connectivity index (χ4n) is 3.33. The van der Waals surface area contributed by atoms with Crippen molar-refractivity contribution in [2.45, 2.75) is 57.0 Å². The first-order valence-corrected chi connectivity index (χ1v) is 6.84. The Labute approximate surface area is 113 Å². The number of ether oxygens (including phenoxy) is 2. The van der Waals surface area contributed by atoms with E-state index in [2.05, 4.69) is 12.7 Å². The molecule has 104 valence electrons. The Morgan fingerprint density at radius 1 is 1.53 bits per heavy atom. The van der Waals surface area contributed by atoms with Gasteiger partial charge in [-0.05, 0) is 33.1 Å². The largest absolute Gasteiger partial charge is 0.455 e. The van der Waals surface area contributed by atoms with Crippen molar-refractivity contribution >= 4 is 5.97 Å². The molecule has 2 fully saturated rings. The van der Waals surface area contributed by atoms with Crippen LogP contribution in [0.2, 0.25) is 0 Å². The predicted octanol–water partition coefficient (Wildman–Crippen LogP) is 1.73. The lowest BCUT2D eigenvalue weighted by Gasteiger charge is -2.24. The van der Waals surface area contributed by atoms with Gasteiger partial charge in [-0.3, -0.25) is 0 Å². The number of aliphatic hydroxyl groups excluding tert-OH is 1. The summed E-state index contributed by atoms with van der Waals surface area (Å²) in [4.78, 5) is 11.7. The van der Waals surface area contributed by atoms with Gasteiger partial charge in [-0.25, -0.2) is 4.79 Å². The van der Waals surface area contributed by atoms with E-state index >= 15 is 0 Å². The highest BCUT2D eigenvalue weighted by Gasteiger charge is 2.62. The van der Waals surface area contributed by atoms with Crippen LogP contribution in [0.1, 0.15) is 33.1 Å². The summed E-state index contributed by atoms with van der Waals surface area (Å²) < 4.78 is 11.2. The average molecular weight is 264 g/mol. The van der Waals surface area contributed by atoms with Crippen LogP contribution >= 0.6 is 0 Å². The molecule has 4 heteroatoms. The Balaban J connectivity index is 1.93. The molecule has 0 unspecified atom stereocenters. The van der Waals surface area contributed by atoms with E-state index in [9.17, 15) is 9.90 Å². The van der Waals surface area contributed by atoms with Crippen LogP contribution in [0.5, 0.6) is 0 Å². The monoisotopic (exact) mass is 264 g/mol. The van der Waals surface area contributed by atoms with E-state index in [4.69, 9.17) is 9.47 Å². The second kappa shape index (κ2) is 4.18. The van der Waals surface area contributed by atoms with Crippen molar-refractivity contribution in [3.63, 3.8) is 0 Å². The molecule has 0 aromatic rings. The van der Waals surface area contributed by atoms with Gasteiger partial charge in [-0.15, -0.1) is 0 Å². The number of carbonyl (C=O) groups is 1. The molecule has 4 nitrogen and oxygen atoms in total. The van der Waals surface area contributed by atoms with Crippen molar-refractivity contribution in [1.82, 2.24) is 0 Å². The summed E-state index contributed by atoms with van der Waals surface area (Å²) in [5.74, 6) is -0.742. The first-order chi connectivity index (χ1) is 8.92. The van der Waals surface area contributed by atoms with Gasteiger partial charge in [-0.2, -0.15) is 0 Å².